The maximum atomic E-state index is 12.3. The Bertz CT molecular complexity index is 619. The van der Waals surface area contributed by atoms with Crippen molar-refractivity contribution in [1.82, 2.24) is 4.90 Å². The van der Waals surface area contributed by atoms with E-state index in [9.17, 15) is 9.59 Å². The molecule has 0 heterocycles. The lowest BCUT2D eigenvalue weighted by Gasteiger charge is -2.21. The fourth-order valence-electron chi connectivity index (χ4n) is 2.86. The van der Waals surface area contributed by atoms with Crippen LogP contribution < -0.4 is 10.2 Å². The minimum atomic E-state index is -0.0978. The number of nitrogens with one attached hydrogen (secondary N) is 2. The van der Waals surface area contributed by atoms with Gasteiger partial charge in [0.05, 0.1) is 7.05 Å². The molecule has 1 aromatic rings. The SMILES string of the molecule is C=CCN(CC=C)C(=O)C[NH+](C)CC(=O)Nc1c(C)cc(C)cc1C. The van der Waals surface area contributed by atoms with Crippen LogP contribution in [0, 0.1) is 20.8 Å². The summed E-state index contributed by atoms with van der Waals surface area (Å²) in [6, 6.07) is 4.09. The molecule has 2 amide bonds. The first-order valence-electron chi connectivity index (χ1n) is 8.47. The molecule has 5 nitrogen and oxygen atoms in total. The second-order valence-corrected chi connectivity index (χ2v) is 6.51. The molecule has 1 atom stereocenters. The van der Waals surface area contributed by atoms with Crippen LogP contribution in [0.5, 0.6) is 0 Å². The molecule has 1 aromatic carbocycles. The number of benzene rings is 1. The van der Waals surface area contributed by atoms with Crippen molar-refractivity contribution >= 4 is 17.5 Å². The van der Waals surface area contributed by atoms with Gasteiger partial charge in [0.15, 0.2) is 13.1 Å². The molecule has 25 heavy (non-hydrogen) atoms. The highest BCUT2D eigenvalue weighted by Crippen LogP contribution is 2.21. The van der Waals surface area contributed by atoms with Gasteiger partial charge in [-0.2, -0.15) is 0 Å². The van der Waals surface area contributed by atoms with Gasteiger partial charge < -0.3 is 15.1 Å². The van der Waals surface area contributed by atoms with E-state index in [4.69, 9.17) is 0 Å². The summed E-state index contributed by atoms with van der Waals surface area (Å²) < 4.78 is 0. The number of carbonyl (C=O) groups is 2. The van der Waals surface area contributed by atoms with Gasteiger partial charge in [-0.15, -0.1) is 13.2 Å². The van der Waals surface area contributed by atoms with E-state index in [2.05, 4.69) is 18.5 Å². The van der Waals surface area contributed by atoms with Crippen molar-refractivity contribution < 1.29 is 14.5 Å². The van der Waals surface area contributed by atoms with Crippen LogP contribution in [0.1, 0.15) is 16.7 Å². The lowest BCUT2D eigenvalue weighted by molar-refractivity contribution is -0.862. The van der Waals surface area contributed by atoms with Crippen molar-refractivity contribution in [2.45, 2.75) is 20.8 Å². The quantitative estimate of drug-likeness (QED) is 0.663. The first-order valence-corrected chi connectivity index (χ1v) is 8.47. The van der Waals surface area contributed by atoms with Gasteiger partial charge >= 0.3 is 0 Å². The number of aryl methyl sites for hydroxylation is 3. The topological polar surface area (TPSA) is 53.9 Å². The summed E-state index contributed by atoms with van der Waals surface area (Å²) >= 11 is 0. The van der Waals surface area contributed by atoms with Crippen LogP contribution >= 0.6 is 0 Å². The molecule has 0 spiro atoms. The van der Waals surface area contributed by atoms with E-state index in [0.29, 0.717) is 13.1 Å². The van der Waals surface area contributed by atoms with Crippen LogP contribution in [0.15, 0.2) is 37.4 Å². The highest BCUT2D eigenvalue weighted by molar-refractivity contribution is 5.93. The molecule has 1 unspecified atom stereocenters. The Balaban J connectivity index is 2.63. The first-order chi connectivity index (χ1) is 11.8. The van der Waals surface area contributed by atoms with E-state index in [0.717, 1.165) is 21.7 Å². The minimum Gasteiger partial charge on any atom is -0.330 e. The van der Waals surface area contributed by atoms with Gasteiger partial charge in [-0.05, 0) is 31.9 Å². The number of hydrogen-bond donors (Lipinski definition) is 2. The molecule has 0 aliphatic rings. The lowest BCUT2D eigenvalue weighted by atomic mass is 10.1. The van der Waals surface area contributed by atoms with Gasteiger partial charge in [-0.25, -0.2) is 0 Å². The van der Waals surface area contributed by atoms with Gasteiger partial charge in [0.1, 0.15) is 0 Å². The number of amides is 2. The van der Waals surface area contributed by atoms with Crippen LogP contribution in [0.4, 0.5) is 5.69 Å². The second kappa shape index (κ2) is 9.79. The molecule has 0 fully saturated rings. The Labute approximate surface area is 151 Å². The summed E-state index contributed by atoms with van der Waals surface area (Å²) in [6.45, 7) is 14.8. The second-order valence-electron chi connectivity index (χ2n) is 6.51. The number of hydrogen-bond acceptors (Lipinski definition) is 2. The predicted octanol–water partition coefficient (Wildman–Crippen LogP) is 1.27. The summed E-state index contributed by atoms with van der Waals surface area (Å²) in [5.74, 6) is -0.118. The molecule has 2 N–H and O–H groups in total. The van der Waals surface area contributed by atoms with Crippen LogP contribution in [-0.4, -0.2) is 49.9 Å². The summed E-state index contributed by atoms with van der Waals surface area (Å²) in [5.41, 5.74) is 4.12. The number of anilines is 1. The summed E-state index contributed by atoms with van der Waals surface area (Å²) in [7, 11) is 1.84. The molecule has 0 saturated heterocycles. The molecular weight excluding hydrogens is 314 g/mol. The summed E-state index contributed by atoms with van der Waals surface area (Å²) in [6.07, 6.45) is 3.37. The Kier molecular flexibility index (Phi) is 8.08. The molecule has 1 rings (SSSR count). The van der Waals surface area contributed by atoms with Gasteiger partial charge in [0.25, 0.3) is 11.8 Å². The van der Waals surface area contributed by atoms with E-state index in [1.165, 1.54) is 5.56 Å². The maximum absolute atomic E-state index is 12.3. The summed E-state index contributed by atoms with van der Waals surface area (Å²) in [4.78, 5) is 27.1. The number of nitrogens with zero attached hydrogens (tertiary/aromatic N) is 1. The zero-order valence-electron chi connectivity index (χ0n) is 15.8. The first kappa shape index (κ1) is 20.6. The van der Waals surface area contributed by atoms with Crippen LogP contribution in [0.2, 0.25) is 0 Å². The number of rotatable bonds is 9. The zero-order valence-corrected chi connectivity index (χ0v) is 15.8. The molecule has 0 aromatic heterocycles. The normalized spacial score (nSPS) is 11.5. The van der Waals surface area contributed by atoms with Gasteiger partial charge in [-0.3, -0.25) is 9.59 Å². The third-order valence-corrected chi connectivity index (χ3v) is 3.91. The van der Waals surface area contributed by atoms with Gasteiger partial charge in [0, 0.05) is 18.8 Å². The third kappa shape index (κ3) is 6.55. The molecule has 0 aliphatic carbocycles. The van der Waals surface area contributed by atoms with Crippen molar-refractivity contribution in [2.24, 2.45) is 0 Å². The smallest absolute Gasteiger partial charge is 0.279 e. The van der Waals surface area contributed by atoms with Gasteiger partial charge in [0.2, 0.25) is 0 Å². The molecule has 0 saturated carbocycles. The van der Waals surface area contributed by atoms with Gasteiger partial charge in [-0.1, -0.05) is 29.8 Å². The molecule has 0 bridgehead atoms. The molecule has 0 aliphatic heterocycles. The highest BCUT2D eigenvalue weighted by Gasteiger charge is 2.19. The number of quaternary nitrogens is 1. The Hall–Kier alpha value is -2.40. The molecular formula is C20H30N3O2+. The van der Waals surface area contributed by atoms with Crippen molar-refractivity contribution in [1.29, 1.82) is 0 Å². The lowest BCUT2D eigenvalue weighted by Crippen LogP contribution is -3.11. The fraction of sp³-hybridized carbons (Fsp3) is 0.400. The molecule has 5 heteroatoms. The van der Waals surface area contributed by atoms with Crippen molar-refractivity contribution in [3.63, 3.8) is 0 Å². The Morgan fingerprint density at radius 3 is 2.08 bits per heavy atom. The molecule has 0 radical (unpaired) electrons. The van der Waals surface area contributed by atoms with Crippen molar-refractivity contribution in [2.75, 3.05) is 38.5 Å². The third-order valence-electron chi connectivity index (χ3n) is 3.91. The maximum Gasteiger partial charge on any atom is 0.279 e. The van der Waals surface area contributed by atoms with E-state index in [1.54, 1.807) is 17.1 Å². The highest BCUT2D eigenvalue weighted by atomic mass is 16.2. The van der Waals surface area contributed by atoms with Crippen molar-refractivity contribution in [3.8, 4) is 0 Å². The van der Waals surface area contributed by atoms with Crippen LogP contribution in [0.3, 0.4) is 0 Å². The standard InChI is InChI=1S/C20H29N3O2/c1-7-9-23(10-8-2)19(25)14-22(6)13-18(24)21-20-16(4)11-15(3)12-17(20)5/h7-8,11-12H,1-2,9-10,13-14H2,3-6H3,(H,21,24)/p+1. The monoisotopic (exact) mass is 344 g/mol. The van der Waals surface area contributed by atoms with E-state index < -0.39 is 0 Å². The van der Waals surface area contributed by atoms with E-state index in [1.807, 2.05) is 40.0 Å². The van der Waals surface area contributed by atoms with Crippen molar-refractivity contribution in [3.05, 3.63) is 54.1 Å². The summed E-state index contributed by atoms with van der Waals surface area (Å²) in [5, 5.41) is 2.97. The van der Waals surface area contributed by atoms with Crippen LogP contribution in [0.25, 0.3) is 0 Å². The average molecular weight is 344 g/mol. The van der Waals surface area contributed by atoms with E-state index >= 15 is 0 Å². The van der Waals surface area contributed by atoms with E-state index in [-0.39, 0.29) is 24.9 Å². The van der Waals surface area contributed by atoms with Crippen LogP contribution in [-0.2, 0) is 9.59 Å². The predicted molar refractivity (Wildman–Crippen MR) is 103 cm³/mol. The number of carbonyl (C=O) groups excluding carboxylic acids is 2. The molecule has 136 valence electrons. The fourth-order valence-corrected chi connectivity index (χ4v) is 2.86. The minimum absolute atomic E-state index is 0.0206. The average Bonchev–Trinajstić information content (AvgIpc) is 2.50. The largest absolute Gasteiger partial charge is 0.330 e. The zero-order chi connectivity index (χ0) is 19.0. The Morgan fingerprint density at radius 1 is 1.08 bits per heavy atom. The number of likely N-dealkylation sites (N-methyl/N-ethyl adjacent to an activating group) is 1. The Morgan fingerprint density at radius 2 is 1.60 bits per heavy atom.